The van der Waals surface area contributed by atoms with E-state index in [1.165, 1.54) is 11.3 Å². The van der Waals surface area contributed by atoms with E-state index in [1.54, 1.807) is 30.5 Å². The number of nitrogens with zero attached hydrogens (tertiary/aromatic N) is 2. The van der Waals surface area contributed by atoms with Gasteiger partial charge >= 0.3 is 11.9 Å². The van der Waals surface area contributed by atoms with Crippen LogP contribution in [0.2, 0.25) is 0 Å². The number of aromatic nitrogens is 2. The molecule has 0 radical (unpaired) electrons. The van der Waals surface area contributed by atoms with Crippen molar-refractivity contribution in [1.29, 1.82) is 0 Å². The van der Waals surface area contributed by atoms with Crippen molar-refractivity contribution in [3.05, 3.63) is 81.1 Å². The Balaban J connectivity index is 1.97. The summed E-state index contributed by atoms with van der Waals surface area (Å²) in [6.45, 7) is 2.53. The zero-order chi connectivity index (χ0) is 21.5. The molecule has 3 aromatic rings. The van der Waals surface area contributed by atoms with Gasteiger partial charge in [0.1, 0.15) is 5.82 Å². The van der Waals surface area contributed by atoms with Crippen LogP contribution in [0.1, 0.15) is 52.1 Å². The van der Waals surface area contributed by atoms with Crippen LogP contribution in [-0.4, -0.2) is 31.7 Å². The molecule has 6 nitrogen and oxygen atoms in total. The van der Waals surface area contributed by atoms with Crippen molar-refractivity contribution in [2.45, 2.75) is 39.2 Å². The van der Waals surface area contributed by atoms with Gasteiger partial charge in [-0.15, -0.1) is 11.3 Å². The summed E-state index contributed by atoms with van der Waals surface area (Å²) in [6.07, 6.45) is 6.48. The van der Waals surface area contributed by atoms with Gasteiger partial charge in [0.15, 0.2) is 0 Å². The Labute approximate surface area is 179 Å². The van der Waals surface area contributed by atoms with Crippen LogP contribution >= 0.6 is 11.3 Å². The monoisotopic (exact) mass is 424 g/mol. The summed E-state index contributed by atoms with van der Waals surface area (Å²) in [5, 5.41) is 20.9. The number of aryl methyl sites for hydroxylation is 1. The summed E-state index contributed by atoms with van der Waals surface area (Å²) in [7, 11) is 0. The summed E-state index contributed by atoms with van der Waals surface area (Å²) >= 11 is 1.52. The molecule has 0 aliphatic heterocycles. The second-order valence-electron chi connectivity index (χ2n) is 7.03. The lowest BCUT2D eigenvalue weighted by Gasteiger charge is -2.12. The van der Waals surface area contributed by atoms with Crippen molar-refractivity contribution in [2.75, 3.05) is 0 Å². The third kappa shape index (κ3) is 5.45. The Morgan fingerprint density at radius 2 is 2.03 bits per heavy atom. The van der Waals surface area contributed by atoms with Gasteiger partial charge < -0.3 is 14.8 Å². The van der Waals surface area contributed by atoms with E-state index in [1.807, 2.05) is 28.1 Å². The number of rotatable bonds is 10. The zero-order valence-corrected chi connectivity index (χ0v) is 17.6. The Kier molecular flexibility index (Phi) is 7.19. The van der Waals surface area contributed by atoms with E-state index in [0.29, 0.717) is 24.2 Å². The van der Waals surface area contributed by atoms with Crippen molar-refractivity contribution in [3.63, 3.8) is 0 Å². The molecule has 0 fully saturated rings. The van der Waals surface area contributed by atoms with Crippen molar-refractivity contribution in [2.24, 2.45) is 0 Å². The fourth-order valence-corrected chi connectivity index (χ4v) is 3.94. The molecule has 2 heterocycles. The molecule has 156 valence electrons. The number of hydrogen-bond acceptors (Lipinski definition) is 4. The third-order valence-electron chi connectivity index (χ3n) is 4.78. The van der Waals surface area contributed by atoms with E-state index in [4.69, 9.17) is 0 Å². The van der Waals surface area contributed by atoms with Crippen LogP contribution in [0.15, 0.2) is 53.5 Å². The molecule has 0 amide bonds. The number of thiophene rings is 1. The first-order valence-corrected chi connectivity index (χ1v) is 10.7. The highest BCUT2D eigenvalue weighted by atomic mass is 32.1. The number of unbranched alkanes of at least 4 members (excludes halogenated alkanes) is 1. The van der Waals surface area contributed by atoms with Gasteiger partial charge in [-0.3, -0.25) is 0 Å². The van der Waals surface area contributed by atoms with E-state index >= 15 is 0 Å². The van der Waals surface area contributed by atoms with Gasteiger partial charge in [0.2, 0.25) is 0 Å². The second kappa shape index (κ2) is 10.0. The largest absolute Gasteiger partial charge is 0.478 e. The van der Waals surface area contributed by atoms with Crippen LogP contribution < -0.4 is 0 Å². The van der Waals surface area contributed by atoms with E-state index in [9.17, 15) is 19.8 Å². The molecule has 1 aromatic carbocycles. The predicted molar refractivity (Wildman–Crippen MR) is 117 cm³/mol. The minimum Gasteiger partial charge on any atom is -0.478 e. The standard InChI is InChI=1S/C23H24N2O4S/c1-2-3-9-21-24-14-19(12-18(23(28)29)13-20-8-5-10-30-20)25(21)15-16-6-4-7-17(11-16)22(26)27/h4-8,10-12,14H,2-3,9,13,15H2,1H3,(H,26,27)(H,28,29). The molecule has 7 heteroatoms. The quantitative estimate of drug-likeness (QED) is 0.459. The smallest absolute Gasteiger partial charge is 0.335 e. The van der Waals surface area contributed by atoms with Crippen molar-refractivity contribution < 1.29 is 19.8 Å². The lowest BCUT2D eigenvalue weighted by atomic mass is 10.1. The summed E-state index contributed by atoms with van der Waals surface area (Å²) in [5.41, 5.74) is 2.05. The molecule has 0 aliphatic rings. The molecule has 2 N–H and O–H groups in total. The topological polar surface area (TPSA) is 92.4 Å². The Hall–Kier alpha value is -3.19. The maximum Gasteiger partial charge on any atom is 0.335 e. The molecule has 2 aromatic heterocycles. The molecule has 0 bridgehead atoms. The van der Waals surface area contributed by atoms with Gasteiger partial charge in [-0.05, 0) is 41.6 Å². The average Bonchev–Trinajstić information content (AvgIpc) is 3.36. The van der Waals surface area contributed by atoms with Gasteiger partial charge in [-0.1, -0.05) is 31.5 Å². The summed E-state index contributed by atoms with van der Waals surface area (Å²) in [5.74, 6) is -1.07. The number of imidazole rings is 1. The molecule has 3 rings (SSSR count). The predicted octanol–water partition coefficient (Wildman–Crippen LogP) is 4.74. The zero-order valence-electron chi connectivity index (χ0n) is 16.7. The maximum atomic E-state index is 11.8. The number of carboxylic acids is 2. The van der Waals surface area contributed by atoms with Crippen molar-refractivity contribution >= 4 is 29.4 Å². The molecular weight excluding hydrogens is 400 g/mol. The number of carbonyl (C=O) groups is 2. The Morgan fingerprint density at radius 3 is 2.70 bits per heavy atom. The minimum atomic E-state index is -0.974. The van der Waals surface area contributed by atoms with Gasteiger partial charge in [0, 0.05) is 29.8 Å². The minimum absolute atomic E-state index is 0.226. The molecule has 30 heavy (non-hydrogen) atoms. The molecule has 0 unspecified atom stereocenters. The SMILES string of the molecule is CCCCc1ncc(C=C(Cc2cccs2)C(=O)O)n1Cc1cccc(C(=O)O)c1. The number of carboxylic acid groups (broad SMARTS) is 2. The molecule has 0 saturated heterocycles. The van der Waals surface area contributed by atoms with Gasteiger partial charge in [0.05, 0.1) is 17.5 Å². The second-order valence-corrected chi connectivity index (χ2v) is 8.06. The number of aliphatic carboxylic acids is 1. The van der Waals surface area contributed by atoms with Crippen LogP contribution in [0.3, 0.4) is 0 Å². The highest BCUT2D eigenvalue weighted by Crippen LogP contribution is 2.20. The number of aromatic carboxylic acids is 1. The lowest BCUT2D eigenvalue weighted by Crippen LogP contribution is -2.10. The maximum absolute atomic E-state index is 11.8. The van der Waals surface area contributed by atoms with Crippen molar-refractivity contribution in [3.8, 4) is 0 Å². The molecule has 0 aliphatic carbocycles. The number of hydrogen-bond donors (Lipinski definition) is 2. The van der Waals surface area contributed by atoms with E-state index in [2.05, 4.69) is 11.9 Å². The van der Waals surface area contributed by atoms with E-state index in [-0.39, 0.29) is 5.56 Å². The first-order valence-electron chi connectivity index (χ1n) is 9.80. The van der Waals surface area contributed by atoms with Crippen LogP contribution in [0.4, 0.5) is 0 Å². The number of benzene rings is 1. The lowest BCUT2D eigenvalue weighted by molar-refractivity contribution is -0.132. The average molecular weight is 425 g/mol. The molecule has 0 spiro atoms. The van der Waals surface area contributed by atoms with Crippen LogP contribution in [-0.2, 0) is 24.2 Å². The fraction of sp³-hybridized carbons (Fsp3) is 0.261. The van der Waals surface area contributed by atoms with Gasteiger partial charge in [-0.2, -0.15) is 0 Å². The highest BCUT2D eigenvalue weighted by Gasteiger charge is 2.15. The Morgan fingerprint density at radius 1 is 1.20 bits per heavy atom. The first-order chi connectivity index (χ1) is 14.5. The molecule has 0 atom stereocenters. The van der Waals surface area contributed by atoms with E-state index in [0.717, 1.165) is 35.5 Å². The first kappa shape index (κ1) is 21.5. The fourth-order valence-electron chi connectivity index (χ4n) is 3.21. The molecule has 0 saturated carbocycles. The third-order valence-corrected chi connectivity index (χ3v) is 5.66. The van der Waals surface area contributed by atoms with Crippen LogP contribution in [0, 0.1) is 0 Å². The Bertz CT molecular complexity index is 1050. The highest BCUT2D eigenvalue weighted by molar-refractivity contribution is 7.09. The molecular formula is C23H24N2O4S. The van der Waals surface area contributed by atoms with Crippen molar-refractivity contribution in [1.82, 2.24) is 9.55 Å². The normalized spacial score (nSPS) is 11.6. The van der Waals surface area contributed by atoms with Crippen LogP contribution in [0.25, 0.3) is 6.08 Å². The van der Waals surface area contributed by atoms with E-state index < -0.39 is 11.9 Å². The summed E-state index contributed by atoms with van der Waals surface area (Å²) < 4.78 is 1.98. The van der Waals surface area contributed by atoms with Gasteiger partial charge in [-0.25, -0.2) is 14.6 Å². The summed E-state index contributed by atoms with van der Waals surface area (Å²) in [6, 6.07) is 10.6. The van der Waals surface area contributed by atoms with Gasteiger partial charge in [0.25, 0.3) is 0 Å². The summed E-state index contributed by atoms with van der Waals surface area (Å²) in [4.78, 5) is 28.7. The van der Waals surface area contributed by atoms with Crippen LogP contribution in [0.5, 0.6) is 0 Å².